The van der Waals surface area contributed by atoms with Crippen LogP contribution < -0.4 is 25.8 Å². The molecule has 3 amide bonds. The van der Waals surface area contributed by atoms with Gasteiger partial charge in [0, 0.05) is 70.0 Å². The largest absolute Gasteiger partial charge is 0.486 e. The highest BCUT2D eigenvalue weighted by atomic mass is 16.6. The highest BCUT2D eigenvalue weighted by molar-refractivity contribution is 5.89. The number of urea groups is 1. The molecule has 0 bridgehead atoms. The number of hydrogen-bond acceptors (Lipinski definition) is 7. The number of anilines is 1. The highest BCUT2D eigenvalue weighted by Crippen LogP contribution is 2.33. The van der Waals surface area contributed by atoms with Gasteiger partial charge in [-0.25, -0.2) is 9.78 Å². The summed E-state index contributed by atoms with van der Waals surface area (Å²) in [7, 11) is 1.71. The van der Waals surface area contributed by atoms with E-state index in [0.29, 0.717) is 50.1 Å². The molecule has 2 aliphatic rings. The number of aryl methyl sites for hydroxylation is 1. The zero-order valence-corrected chi connectivity index (χ0v) is 22.9. The number of likely N-dealkylation sites (tertiary alicyclic amines) is 1. The van der Waals surface area contributed by atoms with Crippen LogP contribution in [0.4, 0.5) is 10.5 Å². The van der Waals surface area contributed by atoms with Gasteiger partial charge in [0.25, 0.3) is 0 Å². The third kappa shape index (κ3) is 6.65. The fraction of sp³-hybridized carbons (Fsp3) is 0.483. The molecule has 2 aromatic carbocycles. The topological polar surface area (TPSA) is 133 Å². The van der Waals surface area contributed by atoms with E-state index in [1.807, 2.05) is 23.1 Å². The van der Waals surface area contributed by atoms with Crippen LogP contribution in [0.25, 0.3) is 11.0 Å². The maximum Gasteiger partial charge on any atom is 0.319 e. The number of piperidine rings is 1. The van der Waals surface area contributed by atoms with Gasteiger partial charge in [0.1, 0.15) is 19.0 Å². The second kappa shape index (κ2) is 13.0. The molecule has 1 saturated heterocycles. The number of amides is 3. The maximum atomic E-state index is 13.2. The van der Waals surface area contributed by atoms with Gasteiger partial charge in [-0.2, -0.15) is 0 Å². The number of imidazole rings is 1. The molecule has 3 aromatic rings. The number of fused-ring (bicyclic) bond motifs is 2. The summed E-state index contributed by atoms with van der Waals surface area (Å²) in [5, 5.41) is 5.53. The molecular weight excluding hydrogens is 512 g/mol. The second-order valence-corrected chi connectivity index (χ2v) is 10.3. The van der Waals surface area contributed by atoms with Gasteiger partial charge >= 0.3 is 6.03 Å². The smallest absolute Gasteiger partial charge is 0.319 e. The number of ether oxygens (including phenoxy) is 3. The van der Waals surface area contributed by atoms with Crippen LogP contribution in [0.2, 0.25) is 0 Å². The van der Waals surface area contributed by atoms with Crippen molar-refractivity contribution in [2.75, 3.05) is 51.9 Å². The summed E-state index contributed by atoms with van der Waals surface area (Å²) < 4.78 is 18.6. The van der Waals surface area contributed by atoms with E-state index >= 15 is 0 Å². The van der Waals surface area contributed by atoms with E-state index in [1.54, 1.807) is 25.3 Å². The first-order chi connectivity index (χ1) is 19.5. The van der Waals surface area contributed by atoms with Crippen LogP contribution >= 0.6 is 0 Å². The summed E-state index contributed by atoms with van der Waals surface area (Å²) in [5.41, 5.74) is 8.91. The lowest BCUT2D eigenvalue weighted by Crippen LogP contribution is -2.45. The van der Waals surface area contributed by atoms with Gasteiger partial charge < -0.3 is 40.0 Å². The Morgan fingerprint density at radius 3 is 2.85 bits per heavy atom. The molecule has 0 radical (unpaired) electrons. The summed E-state index contributed by atoms with van der Waals surface area (Å²) in [6, 6.07) is 12.5. The third-order valence-corrected chi connectivity index (χ3v) is 7.32. The van der Waals surface area contributed by atoms with Crippen molar-refractivity contribution in [1.29, 1.82) is 0 Å². The van der Waals surface area contributed by atoms with Crippen LogP contribution in [-0.2, 0) is 16.1 Å². The Balaban J connectivity index is 1.13. The van der Waals surface area contributed by atoms with Crippen LogP contribution in [0, 0.1) is 0 Å². The van der Waals surface area contributed by atoms with E-state index in [9.17, 15) is 9.59 Å². The molecule has 0 aliphatic carbocycles. The summed E-state index contributed by atoms with van der Waals surface area (Å²) in [4.78, 5) is 32.4. The van der Waals surface area contributed by atoms with Gasteiger partial charge in [0.2, 0.25) is 5.91 Å². The van der Waals surface area contributed by atoms with Crippen molar-refractivity contribution >= 4 is 28.7 Å². The van der Waals surface area contributed by atoms with Crippen molar-refractivity contribution in [1.82, 2.24) is 19.8 Å². The van der Waals surface area contributed by atoms with Crippen LogP contribution in [0.15, 0.2) is 42.5 Å². The van der Waals surface area contributed by atoms with E-state index in [-0.39, 0.29) is 24.8 Å². The van der Waals surface area contributed by atoms with Crippen molar-refractivity contribution in [2.24, 2.45) is 5.73 Å². The monoisotopic (exact) mass is 550 g/mol. The molecule has 0 saturated carbocycles. The summed E-state index contributed by atoms with van der Waals surface area (Å²) in [5.74, 6) is 2.42. The van der Waals surface area contributed by atoms with Gasteiger partial charge in [-0.1, -0.05) is 12.1 Å². The fourth-order valence-electron chi connectivity index (χ4n) is 5.37. The highest BCUT2D eigenvalue weighted by Gasteiger charge is 2.29. The molecule has 0 spiro atoms. The summed E-state index contributed by atoms with van der Waals surface area (Å²) in [6.07, 6.45) is 2.93. The quantitative estimate of drug-likeness (QED) is 0.331. The van der Waals surface area contributed by atoms with Crippen LogP contribution in [0.5, 0.6) is 11.5 Å². The minimum absolute atomic E-state index is 0.00621. The Bertz CT molecular complexity index is 1330. The van der Waals surface area contributed by atoms with Gasteiger partial charge in [-0.05, 0) is 43.5 Å². The number of methoxy groups -OCH3 is 1. The van der Waals surface area contributed by atoms with Gasteiger partial charge in [-0.3, -0.25) is 4.79 Å². The molecule has 2 atom stereocenters. The number of nitrogens with two attached hydrogens (primary N) is 1. The molecule has 3 heterocycles. The number of benzene rings is 2. The predicted molar refractivity (Wildman–Crippen MR) is 152 cm³/mol. The van der Waals surface area contributed by atoms with Crippen LogP contribution in [0.1, 0.15) is 37.4 Å². The summed E-state index contributed by atoms with van der Waals surface area (Å²) in [6.45, 7) is 3.96. The number of nitrogens with zero attached hydrogens (tertiary/aromatic N) is 3. The first-order valence-electron chi connectivity index (χ1n) is 13.9. The number of aromatic nitrogens is 2. The van der Waals surface area contributed by atoms with Gasteiger partial charge in [0.15, 0.2) is 11.5 Å². The molecular formula is C29H38N6O5. The first-order valence-corrected chi connectivity index (χ1v) is 13.9. The van der Waals surface area contributed by atoms with Crippen LogP contribution in [0.3, 0.4) is 0 Å². The lowest BCUT2D eigenvalue weighted by atomic mass is 9.96. The number of para-hydroxylation sites is 2. The minimum Gasteiger partial charge on any atom is -0.486 e. The lowest BCUT2D eigenvalue weighted by molar-refractivity contribution is -0.132. The Kier molecular flexibility index (Phi) is 9.02. The standard InChI is InChI=1S/C29H38N6O5/c1-38-13-5-12-35-24-8-3-2-7-23(24)33-28(35)20-6-4-11-34(19-20)27(36)16-21(30)18-31-29(37)32-22-9-10-25-26(17-22)40-15-14-39-25/h2-3,7-10,17,20-21H,4-6,11-16,18-19,30H2,1H3,(H2,31,32,37)/t20-,21-/m1/s1. The fourth-order valence-corrected chi connectivity index (χ4v) is 5.37. The predicted octanol–water partition coefficient (Wildman–Crippen LogP) is 3.09. The average Bonchev–Trinajstić information content (AvgIpc) is 3.35. The number of carbonyl (C=O) groups is 2. The Labute approximate surface area is 233 Å². The van der Waals surface area contributed by atoms with Crippen molar-refractivity contribution in [3.05, 3.63) is 48.3 Å². The number of carbonyl (C=O) groups excluding carboxylic acids is 2. The normalized spacial score (nSPS) is 17.4. The molecule has 40 heavy (non-hydrogen) atoms. The molecule has 11 heteroatoms. The Morgan fingerprint density at radius 2 is 2.00 bits per heavy atom. The number of nitrogens with one attached hydrogen (secondary N) is 2. The Morgan fingerprint density at radius 1 is 1.18 bits per heavy atom. The van der Waals surface area contributed by atoms with E-state index < -0.39 is 12.1 Å². The molecule has 4 N–H and O–H groups in total. The SMILES string of the molecule is COCCCn1c([C@@H]2CCCN(C(=O)C[C@@H](N)CNC(=O)Nc3ccc4c(c3)OCCO4)C2)nc2ccccc21. The van der Waals surface area contributed by atoms with Gasteiger partial charge in [-0.15, -0.1) is 0 Å². The van der Waals surface area contributed by atoms with E-state index in [0.717, 1.165) is 42.7 Å². The average molecular weight is 551 g/mol. The molecule has 2 aliphatic heterocycles. The van der Waals surface area contributed by atoms with Crippen LogP contribution in [-0.4, -0.2) is 79.0 Å². The van der Waals surface area contributed by atoms with E-state index in [2.05, 4.69) is 21.3 Å². The minimum atomic E-state index is -0.502. The van der Waals surface area contributed by atoms with Crippen molar-refractivity contribution < 1.29 is 23.8 Å². The zero-order valence-electron chi connectivity index (χ0n) is 22.9. The molecule has 1 aromatic heterocycles. The maximum absolute atomic E-state index is 13.2. The Hall–Kier alpha value is -3.83. The van der Waals surface area contributed by atoms with Crippen molar-refractivity contribution in [2.45, 2.75) is 44.2 Å². The lowest BCUT2D eigenvalue weighted by Gasteiger charge is -2.33. The molecule has 214 valence electrons. The number of rotatable bonds is 10. The second-order valence-electron chi connectivity index (χ2n) is 10.3. The van der Waals surface area contributed by atoms with Crippen molar-refractivity contribution in [3.8, 4) is 11.5 Å². The summed E-state index contributed by atoms with van der Waals surface area (Å²) >= 11 is 0. The molecule has 11 nitrogen and oxygen atoms in total. The first kappa shape index (κ1) is 27.7. The molecule has 1 fully saturated rings. The van der Waals surface area contributed by atoms with Gasteiger partial charge in [0.05, 0.1) is 11.0 Å². The third-order valence-electron chi connectivity index (χ3n) is 7.32. The molecule has 0 unspecified atom stereocenters. The van der Waals surface area contributed by atoms with E-state index in [1.165, 1.54) is 0 Å². The number of hydrogen-bond donors (Lipinski definition) is 3. The van der Waals surface area contributed by atoms with Crippen molar-refractivity contribution in [3.63, 3.8) is 0 Å². The molecule has 5 rings (SSSR count). The van der Waals surface area contributed by atoms with E-state index in [4.69, 9.17) is 24.9 Å². The zero-order chi connectivity index (χ0) is 27.9.